The minimum Gasteiger partial charge on any atom is -0.481 e. The maximum Gasteiger partial charge on any atom is 0.314 e. The number of hydrogen-bond acceptors (Lipinski definition) is 2. The Morgan fingerprint density at radius 3 is 2.17 bits per heavy atom. The molecule has 1 aromatic rings. The zero-order valence-corrected chi connectivity index (χ0v) is 10.6. The van der Waals surface area contributed by atoms with Gasteiger partial charge in [0.25, 0.3) is 0 Å². The number of anilines is 1. The zero-order chi connectivity index (χ0) is 13.3. The van der Waals surface area contributed by atoms with Gasteiger partial charge in [0.1, 0.15) is 0 Å². The van der Waals surface area contributed by atoms with Crippen LogP contribution < -0.4 is 5.32 Å². The molecule has 1 saturated carbocycles. The summed E-state index contributed by atoms with van der Waals surface area (Å²) < 4.78 is 0. The summed E-state index contributed by atoms with van der Waals surface area (Å²) >= 11 is 0. The first-order chi connectivity index (χ1) is 8.45. The number of benzene rings is 1. The van der Waals surface area contributed by atoms with Crippen molar-refractivity contribution < 1.29 is 14.7 Å². The fourth-order valence-electron chi connectivity index (χ4n) is 1.91. The fraction of sp³-hybridized carbons (Fsp3) is 0.429. The van der Waals surface area contributed by atoms with E-state index in [9.17, 15) is 14.7 Å². The number of amides is 1. The molecule has 0 unspecified atom stereocenters. The van der Waals surface area contributed by atoms with Crippen molar-refractivity contribution in [3.63, 3.8) is 0 Å². The topological polar surface area (TPSA) is 66.4 Å². The number of rotatable bonds is 4. The standard InChI is InChI=1S/C14H17NO3/c1-9(2)12(16)15-11-5-3-10(4-6-11)14(7-8-14)13(17)18/h3-6,9H,7-8H2,1-2H3,(H,15,16)(H,17,18). The second kappa shape index (κ2) is 4.44. The number of carbonyl (C=O) groups excluding carboxylic acids is 1. The Hall–Kier alpha value is -1.84. The van der Waals surface area contributed by atoms with Crippen molar-refractivity contribution in [2.24, 2.45) is 5.92 Å². The quantitative estimate of drug-likeness (QED) is 0.858. The van der Waals surface area contributed by atoms with Gasteiger partial charge in [0, 0.05) is 11.6 Å². The van der Waals surface area contributed by atoms with Gasteiger partial charge < -0.3 is 10.4 Å². The van der Waals surface area contributed by atoms with E-state index in [1.54, 1.807) is 24.3 Å². The number of nitrogens with one attached hydrogen (secondary N) is 1. The Morgan fingerprint density at radius 1 is 1.22 bits per heavy atom. The van der Waals surface area contributed by atoms with Gasteiger partial charge in [-0.1, -0.05) is 26.0 Å². The van der Waals surface area contributed by atoms with Gasteiger partial charge in [0.15, 0.2) is 0 Å². The third kappa shape index (κ3) is 2.23. The van der Waals surface area contributed by atoms with Gasteiger partial charge in [-0.15, -0.1) is 0 Å². The van der Waals surface area contributed by atoms with Crippen LogP contribution in [0.3, 0.4) is 0 Å². The van der Waals surface area contributed by atoms with Gasteiger partial charge in [-0.2, -0.15) is 0 Å². The maximum absolute atomic E-state index is 11.5. The first kappa shape index (κ1) is 12.6. The first-order valence-electron chi connectivity index (χ1n) is 6.10. The summed E-state index contributed by atoms with van der Waals surface area (Å²) in [5, 5.41) is 12.0. The molecule has 18 heavy (non-hydrogen) atoms. The molecule has 0 atom stereocenters. The van der Waals surface area contributed by atoms with Crippen molar-refractivity contribution in [3.05, 3.63) is 29.8 Å². The van der Waals surface area contributed by atoms with Crippen LogP contribution in [0.1, 0.15) is 32.3 Å². The first-order valence-corrected chi connectivity index (χ1v) is 6.10. The van der Waals surface area contributed by atoms with Crippen LogP contribution >= 0.6 is 0 Å². The van der Waals surface area contributed by atoms with E-state index in [4.69, 9.17) is 0 Å². The summed E-state index contributed by atoms with van der Waals surface area (Å²) in [6, 6.07) is 7.10. The molecule has 0 bridgehead atoms. The Kier molecular flexibility index (Phi) is 3.11. The molecular weight excluding hydrogens is 230 g/mol. The third-order valence-corrected chi connectivity index (χ3v) is 3.39. The molecular formula is C14H17NO3. The molecule has 1 amide bonds. The maximum atomic E-state index is 11.5. The molecule has 96 valence electrons. The second-order valence-corrected chi connectivity index (χ2v) is 5.11. The Morgan fingerprint density at radius 2 is 1.78 bits per heavy atom. The summed E-state index contributed by atoms with van der Waals surface area (Å²) in [4.78, 5) is 22.7. The summed E-state index contributed by atoms with van der Waals surface area (Å²) in [7, 11) is 0. The smallest absolute Gasteiger partial charge is 0.314 e. The van der Waals surface area contributed by atoms with Crippen molar-refractivity contribution in [2.45, 2.75) is 32.1 Å². The monoisotopic (exact) mass is 247 g/mol. The molecule has 1 aromatic carbocycles. The van der Waals surface area contributed by atoms with Crippen LogP contribution in [0.4, 0.5) is 5.69 Å². The predicted molar refractivity (Wildman–Crippen MR) is 68.5 cm³/mol. The average Bonchev–Trinajstić information content (AvgIpc) is 3.11. The van der Waals surface area contributed by atoms with Crippen LogP contribution in [-0.2, 0) is 15.0 Å². The third-order valence-electron chi connectivity index (χ3n) is 3.39. The summed E-state index contributed by atoms with van der Waals surface area (Å²) in [6.45, 7) is 3.65. The van der Waals surface area contributed by atoms with E-state index in [1.807, 2.05) is 13.8 Å². The summed E-state index contributed by atoms with van der Waals surface area (Å²) in [6.07, 6.45) is 1.39. The molecule has 0 heterocycles. The normalized spacial score (nSPS) is 16.4. The number of carboxylic acids is 1. The molecule has 1 aliphatic rings. The summed E-state index contributed by atoms with van der Waals surface area (Å²) in [5.74, 6) is -0.873. The number of carbonyl (C=O) groups is 2. The molecule has 2 N–H and O–H groups in total. The lowest BCUT2D eigenvalue weighted by atomic mass is 9.96. The van der Waals surface area contributed by atoms with Crippen LogP contribution in [0.2, 0.25) is 0 Å². The van der Waals surface area contributed by atoms with Crippen molar-refractivity contribution in [1.29, 1.82) is 0 Å². The van der Waals surface area contributed by atoms with Crippen molar-refractivity contribution >= 4 is 17.6 Å². The largest absolute Gasteiger partial charge is 0.481 e. The van der Waals surface area contributed by atoms with Gasteiger partial charge in [-0.25, -0.2) is 0 Å². The van der Waals surface area contributed by atoms with E-state index in [-0.39, 0.29) is 11.8 Å². The molecule has 0 aliphatic heterocycles. The minimum absolute atomic E-state index is 0.0397. The van der Waals surface area contributed by atoms with E-state index < -0.39 is 11.4 Å². The molecule has 4 heteroatoms. The molecule has 0 saturated heterocycles. The van der Waals surface area contributed by atoms with Crippen LogP contribution in [-0.4, -0.2) is 17.0 Å². The van der Waals surface area contributed by atoms with Crippen LogP contribution in [0, 0.1) is 5.92 Å². The molecule has 0 spiro atoms. The highest BCUT2D eigenvalue weighted by molar-refractivity contribution is 5.92. The minimum atomic E-state index is -0.763. The van der Waals surface area contributed by atoms with Crippen LogP contribution in [0.25, 0.3) is 0 Å². The van der Waals surface area contributed by atoms with Crippen LogP contribution in [0.15, 0.2) is 24.3 Å². The van der Waals surface area contributed by atoms with E-state index >= 15 is 0 Å². The summed E-state index contributed by atoms with van der Waals surface area (Å²) in [5.41, 5.74) is 0.844. The van der Waals surface area contributed by atoms with Crippen molar-refractivity contribution in [2.75, 3.05) is 5.32 Å². The number of hydrogen-bond donors (Lipinski definition) is 2. The molecule has 1 fully saturated rings. The molecule has 0 aromatic heterocycles. The predicted octanol–water partition coefficient (Wildman–Crippen LogP) is 2.40. The Balaban J connectivity index is 2.11. The average molecular weight is 247 g/mol. The van der Waals surface area contributed by atoms with E-state index in [1.165, 1.54) is 0 Å². The highest BCUT2D eigenvalue weighted by atomic mass is 16.4. The highest BCUT2D eigenvalue weighted by Crippen LogP contribution is 2.48. The van der Waals surface area contributed by atoms with Gasteiger partial charge in [0.05, 0.1) is 5.41 Å². The number of carboxylic acid groups (broad SMARTS) is 1. The molecule has 2 rings (SSSR count). The lowest BCUT2D eigenvalue weighted by molar-refractivity contribution is -0.140. The highest BCUT2D eigenvalue weighted by Gasteiger charge is 2.51. The van der Waals surface area contributed by atoms with Gasteiger partial charge in [-0.05, 0) is 30.5 Å². The fourth-order valence-corrected chi connectivity index (χ4v) is 1.91. The molecule has 0 radical (unpaired) electrons. The lowest BCUT2D eigenvalue weighted by Gasteiger charge is -2.12. The van der Waals surface area contributed by atoms with Gasteiger partial charge in [0.2, 0.25) is 5.91 Å². The van der Waals surface area contributed by atoms with E-state index in [2.05, 4.69) is 5.32 Å². The van der Waals surface area contributed by atoms with Crippen LogP contribution in [0.5, 0.6) is 0 Å². The van der Waals surface area contributed by atoms with Crippen molar-refractivity contribution in [1.82, 2.24) is 0 Å². The SMILES string of the molecule is CC(C)C(=O)Nc1ccc(C2(C(=O)O)CC2)cc1. The zero-order valence-electron chi connectivity index (χ0n) is 10.6. The van der Waals surface area contributed by atoms with E-state index in [0.29, 0.717) is 18.5 Å². The number of aliphatic carboxylic acids is 1. The molecule has 4 nitrogen and oxygen atoms in total. The Bertz CT molecular complexity index is 472. The van der Waals surface area contributed by atoms with Crippen molar-refractivity contribution in [3.8, 4) is 0 Å². The Labute approximate surface area is 106 Å². The lowest BCUT2D eigenvalue weighted by Crippen LogP contribution is -2.20. The van der Waals surface area contributed by atoms with E-state index in [0.717, 1.165) is 5.56 Å². The van der Waals surface area contributed by atoms with Gasteiger partial charge in [-0.3, -0.25) is 9.59 Å². The molecule has 1 aliphatic carbocycles. The van der Waals surface area contributed by atoms with Gasteiger partial charge >= 0.3 is 5.97 Å². The second-order valence-electron chi connectivity index (χ2n) is 5.11.